The van der Waals surface area contributed by atoms with Crippen LogP contribution in [-0.2, 0) is 16.1 Å². The number of imide groups is 2. The Labute approximate surface area is 110 Å². The molecule has 0 aromatic carbocycles. The van der Waals surface area contributed by atoms with E-state index in [2.05, 4.69) is 10.3 Å². The van der Waals surface area contributed by atoms with Crippen molar-refractivity contribution in [3.8, 4) is 0 Å². The SMILES string of the molecule is CCNc1ccnc(CN2C(=O)C(=O)N(C)C2=O)c1. The Morgan fingerprint density at radius 3 is 2.58 bits per heavy atom. The quantitative estimate of drug-likeness (QED) is 0.628. The maximum Gasteiger partial charge on any atom is 0.334 e. The highest BCUT2D eigenvalue weighted by Crippen LogP contribution is 2.15. The fraction of sp³-hybridized carbons (Fsp3) is 0.333. The number of urea groups is 1. The number of carbonyl (C=O) groups is 3. The van der Waals surface area contributed by atoms with Gasteiger partial charge in [-0.05, 0) is 19.1 Å². The number of pyridine rings is 1. The van der Waals surface area contributed by atoms with Gasteiger partial charge in [0.25, 0.3) is 0 Å². The minimum absolute atomic E-state index is 0.00696. The number of amides is 4. The zero-order valence-electron chi connectivity index (χ0n) is 10.7. The maximum atomic E-state index is 11.7. The molecule has 100 valence electrons. The lowest BCUT2D eigenvalue weighted by Gasteiger charge is -2.13. The van der Waals surface area contributed by atoms with E-state index in [1.165, 1.54) is 7.05 Å². The molecule has 1 N–H and O–H groups in total. The molecule has 2 rings (SSSR count). The molecule has 0 radical (unpaired) electrons. The van der Waals surface area contributed by atoms with Crippen LogP contribution in [0.25, 0.3) is 0 Å². The number of likely N-dealkylation sites (N-methyl/N-ethyl adjacent to an activating group) is 1. The smallest absolute Gasteiger partial charge is 0.334 e. The molecule has 0 aliphatic carbocycles. The molecule has 2 heterocycles. The van der Waals surface area contributed by atoms with E-state index in [1.807, 2.05) is 6.92 Å². The highest BCUT2D eigenvalue weighted by atomic mass is 16.2. The van der Waals surface area contributed by atoms with Gasteiger partial charge < -0.3 is 5.32 Å². The van der Waals surface area contributed by atoms with Crippen molar-refractivity contribution in [2.24, 2.45) is 0 Å². The molecule has 0 unspecified atom stereocenters. The van der Waals surface area contributed by atoms with Crippen molar-refractivity contribution in [2.45, 2.75) is 13.5 Å². The van der Waals surface area contributed by atoms with Crippen LogP contribution >= 0.6 is 0 Å². The predicted molar refractivity (Wildman–Crippen MR) is 67.1 cm³/mol. The molecule has 1 fully saturated rings. The molecule has 4 amide bonds. The van der Waals surface area contributed by atoms with E-state index >= 15 is 0 Å². The van der Waals surface area contributed by atoms with E-state index in [0.29, 0.717) is 5.69 Å². The normalized spacial score (nSPS) is 15.4. The fourth-order valence-electron chi connectivity index (χ4n) is 1.79. The monoisotopic (exact) mass is 262 g/mol. The third kappa shape index (κ3) is 2.40. The molecule has 19 heavy (non-hydrogen) atoms. The predicted octanol–water partition coefficient (Wildman–Crippen LogP) is 0.434. The van der Waals surface area contributed by atoms with Crippen molar-refractivity contribution in [2.75, 3.05) is 18.9 Å². The third-order valence-electron chi connectivity index (χ3n) is 2.77. The Hall–Kier alpha value is -2.44. The maximum absolute atomic E-state index is 11.7. The summed E-state index contributed by atoms with van der Waals surface area (Å²) in [6, 6.07) is 2.91. The minimum Gasteiger partial charge on any atom is -0.385 e. The first kappa shape index (κ1) is 13.0. The van der Waals surface area contributed by atoms with Gasteiger partial charge in [0.1, 0.15) is 0 Å². The summed E-state index contributed by atoms with van der Waals surface area (Å²) < 4.78 is 0. The first-order valence-corrected chi connectivity index (χ1v) is 5.87. The van der Waals surface area contributed by atoms with Gasteiger partial charge in [-0.2, -0.15) is 0 Å². The number of carbonyl (C=O) groups excluding carboxylic acids is 3. The second kappa shape index (κ2) is 5.05. The molecule has 1 aromatic heterocycles. The van der Waals surface area contributed by atoms with Gasteiger partial charge in [0.2, 0.25) is 0 Å². The van der Waals surface area contributed by atoms with E-state index in [1.54, 1.807) is 18.3 Å². The summed E-state index contributed by atoms with van der Waals surface area (Å²) >= 11 is 0. The zero-order valence-corrected chi connectivity index (χ0v) is 10.7. The van der Waals surface area contributed by atoms with Crippen LogP contribution in [0.3, 0.4) is 0 Å². The van der Waals surface area contributed by atoms with E-state index in [9.17, 15) is 14.4 Å². The van der Waals surface area contributed by atoms with Crippen molar-refractivity contribution >= 4 is 23.5 Å². The van der Waals surface area contributed by atoms with Gasteiger partial charge in [0, 0.05) is 25.5 Å². The molecule has 7 heteroatoms. The van der Waals surface area contributed by atoms with Crippen LogP contribution < -0.4 is 5.32 Å². The minimum atomic E-state index is -0.817. The van der Waals surface area contributed by atoms with Crippen molar-refractivity contribution in [1.82, 2.24) is 14.8 Å². The Kier molecular flexibility index (Phi) is 3.46. The summed E-state index contributed by atoms with van der Waals surface area (Å²) in [5, 5.41) is 3.11. The second-order valence-corrected chi connectivity index (χ2v) is 4.10. The number of nitrogens with one attached hydrogen (secondary N) is 1. The molecule has 1 saturated heterocycles. The zero-order chi connectivity index (χ0) is 14.0. The number of nitrogens with zero attached hydrogens (tertiary/aromatic N) is 3. The van der Waals surface area contributed by atoms with Gasteiger partial charge in [-0.25, -0.2) is 9.69 Å². The lowest BCUT2D eigenvalue weighted by molar-refractivity contribution is -0.143. The first-order valence-electron chi connectivity index (χ1n) is 5.87. The average molecular weight is 262 g/mol. The van der Waals surface area contributed by atoms with Crippen LogP contribution in [0.15, 0.2) is 18.3 Å². The van der Waals surface area contributed by atoms with E-state index in [4.69, 9.17) is 0 Å². The molecule has 0 spiro atoms. The number of anilines is 1. The number of hydrogen-bond donors (Lipinski definition) is 1. The number of rotatable bonds is 4. The van der Waals surface area contributed by atoms with Gasteiger partial charge in [-0.1, -0.05) is 0 Å². The highest BCUT2D eigenvalue weighted by molar-refractivity contribution is 6.44. The van der Waals surface area contributed by atoms with Crippen molar-refractivity contribution in [3.63, 3.8) is 0 Å². The lowest BCUT2D eigenvalue weighted by Crippen LogP contribution is -2.31. The van der Waals surface area contributed by atoms with Crippen LogP contribution in [-0.4, -0.2) is 46.2 Å². The Morgan fingerprint density at radius 1 is 1.26 bits per heavy atom. The molecule has 1 aromatic rings. The molecular formula is C12H14N4O3. The average Bonchev–Trinajstić information content (AvgIpc) is 2.58. The highest BCUT2D eigenvalue weighted by Gasteiger charge is 2.42. The molecule has 1 aliphatic heterocycles. The van der Waals surface area contributed by atoms with Crippen LogP contribution in [0.1, 0.15) is 12.6 Å². The summed E-state index contributed by atoms with van der Waals surface area (Å²) in [4.78, 5) is 40.5. The summed E-state index contributed by atoms with van der Waals surface area (Å²) in [6.45, 7) is 2.71. The van der Waals surface area contributed by atoms with Gasteiger partial charge in [-0.15, -0.1) is 0 Å². The van der Waals surface area contributed by atoms with Crippen LogP contribution in [0.4, 0.5) is 10.5 Å². The number of hydrogen-bond acceptors (Lipinski definition) is 5. The van der Waals surface area contributed by atoms with Gasteiger partial charge in [0.05, 0.1) is 12.2 Å². The third-order valence-corrected chi connectivity index (χ3v) is 2.77. The van der Waals surface area contributed by atoms with Crippen LogP contribution in [0, 0.1) is 0 Å². The summed E-state index contributed by atoms with van der Waals surface area (Å²) in [5.41, 5.74) is 1.40. The topological polar surface area (TPSA) is 82.6 Å². The standard InChI is InChI=1S/C12H14N4O3/c1-3-13-8-4-5-14-9(6-8)7-16-11(18)10(17)15(2)12(16)19/h4-6H,3,7H2,1-2H3,(H,13,14). The van der Waals surface area contributed by atoms with Gasteiger partial charge in [0.15, 0.2) is 0 Å². The van der Waals surface area contributed by atoms with E-state index in [0.717, 1.165) is 22.0 Å². The number of aromatic nitrogens is 1. The summed E-state index contributed by atoms with van der Waals surface area (Å²) in [5.74, 6) is -1.63. The molecule has 1 aliphatic rings. The van der Waals surface area contributed by atoms with Gasteiger partial charge in [-0.3, -0.25) is 19.5 Å². The van der Waals surface area contributed by atoms with Crippen molar-refractivity contribution in [3.05, 3.63) is 24.0 Å². The largest absolute Gasteiger partial charge is 0.385 e. The first-order chi connectivity index (χ1) is 9.04. The summed E-state index contributed by atoms with van der Waals surface area (Å²) in [7, 11) is 1.28. The molecule has 0 saturated carbocycles. The Morgan fingerprint density at radius 2 is 2.00 bits per heavy atom. The fourth-order valence-corrected chi connectivity index (χ4v) is 1.79. The molecule has 0 atom stereocenters. The Balaban J connectivity index is 2.17. The van der Waals surface area contributed by atoms with E-state index in [-0.39, 0.29) is 6.54 Å². The van der Waals surface area contributed by atoms with E-state index < -0.39 is 17.8 Å². The van der Waals surface area contributed by atoms with Crippen molar-refractivity contribution in [1.29, 1.82) is 0 Å². The van der Waals surface area contributed by atoms with Crippen LogP contribution in [0.5, 0.6) is 0 Å². The summed E-state index contributed by atoms with van der Waals surface area (Å²) in [6.07, 6.45) is 1.59. The van der Waals surface area contributed by atoms with Crippen LogP contribution in [0.2, 0.25) is 0 Å². The lowest BCUT2D eigenvalue weighted by atomic mass is 10.3. The molecular weight excluding hydrogens is 248 g/mol. The molecule has 0 bridgehead atoms. The second-order valence-electron chi connectivity index (χ2n) is 4.10. The van der Waals surface area contributed by atoms with Gasteiger partial charge >= 0.3 is 17.8 Å². The molecule has 7 nitrogen and oxygen atoms in total. The Bertz CT molecular complexity index is 544. The van der Waals surface area contributed by atoms with Crippen molar-refractivity contribution < 1.29 is 14.4 Å².